The van der Waals surface area contributed by atoms with Crippen LogP contribution in [0.25, 0.3) is 10.4 Å². The number of rotatable bonds is 4. The molecule has 22 heavy (non-hydrogen) atoms. The predicted molar refractivity (Wildman–Crippen MR) is 76.8 cm³/mol. The second-order valence-electron chi connectivity index (χ2n) is 6.03. The van der Waals surface area contributed by atoms with Crippen LogP contribution in [0.2, 0.25) is 0 Å². The molecule has 1 amide bonds. The molecule has 1 fully saturated rings. The van der Waals surface area contributed by atoms with Gasteiger partial charge in [0.15, 0.2) is 0 Å². The second-order valence-corrected chi connectivity index (χ2v) is 6.03. The van der Waals surface area contributed by atoms with Gasteiger partial charge in [0.05, 0.1) is 24.7 Å². The van der Waals surface area contributed by atoms with Gasteiger partial charge in [-0.1, -0.05) is 5.11 Å². The van der Waals surface area contributed by atoms with Crippen LogP contribution in [0.5, 0.6) is 0 Å². The van der Waals surface area contributed by atoms with Gasteiger partial charge in [-0.2, -0.15) is 0 Å². The van der Waals surface area contributed by atoms with E-state index in [0.29, 0.717) is 0 Å². The van der Waals surface area contributed by atoms with Gasteiger partial charge in [-0.25, -0.2) is 4.79 Å². The first-order valence-corrected chi connectivity index (χ1v) is 7.08. The normalized spacial score (nSPS) is 27.7. The Bertz CT molecular complexity index is 470. The molecule has 1 aliphatic rings. The fourth-order valence-electron chi connectivity index (χ4n) is 2.33. The molecule has 124 valence electrons. The molecule has 0 saturated heterocycles. The number of aliphatic hydroxyl groups excluding tert-OH is 1. The number of hydrogen-bond acceptors (Lipinski definition) is 6. The van der Waals surface area contributed by atoms with Crippen LogP contribution in [-0.4, -0.2) is 47.6 Å². The van der Waals surface area contributed by atoms with E-state index in [2.05, 4.69) is 15.3 Å². The third-order valence-electron chi connectivity index (χ3n) is 3.16. The van der Waals surface area contributed by atoms with E-state index in [0.717, 1.165) is 0 Å². The van der Waals surface area contributed by atoms with E-state index in [-0.39, 0.29) is 13.0 Å². The summed E-state index contributed by atoms with van der Waals surface area (Å²) in [5.41, 5.74) is 7.91. The van der Waals surface area contributed by atoms with Crippen LogP contribution in [-0.2, 0) is 14.3 Å². The molecule has 0 aromatic heterocycles. The Labute approximate surface area is 128 Å². The first-order valence-electron chi connectivity index (χ1n) is 7.08. The quantitative estimate of drug-likeness (QED) is 0.351. The third kappa shape index (κ3) is 4.78. The Kier molecular flexibility index (Phi) is 6.01. The Hall–Kier alpha value is -1.99. The van der Waals surface area contributed by atoms with Crippen LogP contribution in [0.3, 0.4) is 0 Å². The number of alkyl carbamates (subject to hydrolysis) is 1. The average Bonchev–Trinajstić information content (AvgIpc) is 2.66. The molecule has 2 N–H and O–H groups in total. The predicted octanol–water partition coefficient (Wildman–Crippen LogP) is 1.50. The minimum absolute atomic E-state index is 0.114. The Morgan fingerprint density at radius 2 is 2.09 bits per heavy atom. The van der Waals surface area contributed by atoms with E-state index in [1.807, 2.05) is 0 Å². The molecule has 1 rings (SSSR count). The summed E-state index contributed by atoms with van der Waals surface area (Å²) < 4.78 is 10.0. The molecule has 0 aromatic rings. The maximum absolute atomic E-state index is 11.8. The molecule has 1 saturated carbocycles. The van der Waals surface area contributed by atoms with Gasteiger partial charge in [-0.3, -0.25) is 4.79 Å². The molecule has 0 bridgehead atoms. The smallest absolute Gasteiger partial charge is 0.407 e. The van der Waals surface area contributed by atoms with Crippen molar-refractivity contribution in [3.05, 3.63) is 10.4 Å². The molecule has 0 radical (unpaired) electrons. The summed E-state index contributed by atoms with van der Waals surface area (Å²) in [6.07, 6.45) is -1.80. The van der Waals surface area contributed by atoms with E-state index >= 15 is 0 Å². The number of nitrogens with one attached hydrogen (secondary N) is 1. The first-order chi connectivity index (χ1) is 10.2. The van der Waals surface area contributed by atoms with Crippen LogP contribution >= 0.6 is 0 Å². The van der Waals surface area contributed by atoms with Crippen molar-refractivity contribution in [2.75, 3.05) is 6.61 Å². The van der Waals surface area contributed by atoms with Crippen molar-refractivity contribution in [2.24, 2.45) is 11.0 Å². The van der Waals surface area contributed by atoms with Gasteiger partial charge in [-0.15, -0.1) is 0 Å². The third-order valence-corrected chi connectivity index (χ3v) is 3.16. The standard InChI is InChI=1S/C13H22N4O5/c1-5-21-11(19)7-6-8(9(10(7)18)16-17-14)15-12(20)22-13(2,3)4/h7-10,18H,5-6H2,1-4H3,(H,15,20)/t7-,8-,9+,10+/m1/s1. The lowest BCUT2D eigenvalue weighted by Crippen LogP contribution is -2.44. The van der Waals surface area contributed by atoms with E-state index in [1.165, 1.54) is 0 Å². The van der Waals surface area contributed by atoms with Gasteiger partial charge in [0, 0.05) is 11.0 Å². The van der Waals surface area contributed by atoms with Crippen molar-refractivity contribution < 1.29 is 24.2 Å². The Morgan fingerprint density at radius 3 is 2.59 bits per heavy atom. The maximum Gasteiger partial charge on any atom is 0.407 e. The molecule has 1 aliphatic carbocycles. The molecule has 0 unspecified atom stereocenters. The summed E-state index contributed by atoms with van der Waals surface area (Å²) in [6, 6.07) is -1.65. The molecule has 9 nitrogen and oxygen atoms in total. The van der Waals surface area contributed by atoms with E-state index < -0.39 is 41.8 Å². The monoisotopic (exact) mass is 314 g/mol. The fourth-order valence-corrected chi connectivity index (χ4v) is 2.33. The lowest BCUT2D eigenvalue weighted by Gasteiger charge is -2.23. The first kappa shape index (κ1) is 18.1. The maximum atomic E-state index is 11.8. The van der Waals surface area contributed by atoms with Crippen molar-refractivity contribution in [1.29, 1.82) is 0 Å². The van der Waals surface area contributed by atoms with Crippen molar-refractivity contribution in [1.82, 2.24) is 5.32 Å². The summed E-state index contributed by atoms with van der Waals surface area (Å²) in [7, 11) is 0. The highest BCUT2D eigenvalue weighted by atomic mass is 16.6. The molecular weight excluding hydrogens is 292 g/mol. The van der Waals surface area contributed by atoms with Gasteiger partial charge >= 0.3 is 12.1 Å². The van der Waals surface area contributed by atoms with Gasteiger partial charge in [0.25, 0.3) is 0 Å². The zero-order chi connectivity index (χ0) is 16.9. The molecule has 4 atom stereocenters. The van der Waals surface area contributed by atoms with E-state index in [9.17, 15) is 14.7 Å². The van der Waals surface area contributed by atoms with Crippen LogP contribution in [0.4, 0.5) is 4.79 Å². The van der Waals surface area contributed by atoms with Crippen molar-refractivity contribution in [3.63, 3.8) is 0 Å². The van der Waals surface area contributed by atoms with Crippen LogP contribution in [0, 0.1) is 5.92 Å². The molecule has 0 spiro atoms. The molecular formula is C13H22N4O5. The number of amides is 1. The largest absolute Gasteiger partial charge is 0.466 e. The zero-order valence-electron chi connectivity index (χ0n) is 13.1. The molecule has 0 heterocycles. The van der Waals surface area contributed by atoms with Gasteiger partial charge in [-0.05, 0) is 39.6 Å². The lowest BCUT2D eigenvalue weighted by atomic mass is 10.1. The minimum atomic E-state index is -1.21. The highest BCUT2D eigenvalue weighted by Gasteiger charge is 2.47. The molecule has 9 heteroatoms. The molecule has 0 aromatic carbocycles. The summed E-state index contributed by atoms with van der Waals surface area (Å²) >= 11 is 0. The second kappa shape index (κ2) is 7.33. The average molecular weight is 314 g/mol. The van der Waals surface area contributed by atoms with Gasteiger partial charge in [0.1, 0.15) is 5.60 Å². The van der Waals surface area contributed by atoms with Crippen LogP contribution in [0.15, 0.2) is 5.11 Å². The van der Waals surface area contributed by atoms with Crippen molar-refractivity contribution in [3.8, 4) is 0 Å². The number of carbonyl (C=O) groups is 2. The highest BCUT2D eigenvalue weighted by molar-refractivity contribution is 5.74. The Balaban J connectivity index is 2.81. The summed E-state index contributed by atoms with van der Waals surface area (Å²) in [6.45, 7) is 6.96. The van der Waals surface area contributed by atoms with Crippen LogP contribution < -0.4 is 5.32 Å². The SMILES string of the molecule is CCOC(=O)[C@@H]1C[C@@H](NC(=O)OC(C)(C)C)[C@H](N=[N+]=[N-])[C@H]1O. The highest BCUT2D eigenvalue weighted by Crippen LogP contribution is 2.30. The lowest BCUT2D eigenvalue weighted by molar-refractivity contribution is -0.151. The van der Waals surface area contributed by atoms with Crippen LogP contribution in [0.1, 0.15) is 34.1 Å². The number of hydrogen-bond donors (Lipinski definition) is 2. The van der Waals surface area contributed by atoms with Gasteiger partial charge in [0.2, 0.25) is 0 Å². The topological polar surface area (TPSA) is 134 Å². The summed E-state index contributed by atoms with van der Waals surface area (Å²) in [4.78, 5) is 26.3. The van der Waals surface area contributed by atoms with Crippen molar-refractivity contribution in [2.45, 2.75) is 57.9 Å². The van der Waals surface area contributed by atoms with Gasteiger partial charge < -0.3 is 19.9 Å². The number of aliphatic hydroxyl groups is 1. The molecule has 0 aliphatic heterocycles. The minimum Gasteiger partial charge on any atom is -0.466 e. The van der Waals surface area contributed by atoms with E-state index in [1.54, 1.807) is 27.7 Å². The Morgan fingerprint density at radius 1 is 1.45 bits per heavy atom. The number of esters is 1. The van der Waals surface area contributed by atoms with E-state index in [4.69, 9.17) is 15.0 Å². The number of nitrogens with zero attached hydrogens (tertiary/aromatic N) is 3. The fraction of sp³-hybridized carbons (Fsp3) is 0.846. The zero-order valence-corrected chi connectivity index (χ0v) is 13.1. The number of carbonyl (C=O) groups excluding carboxylic acids is 2. The summed E-state index contributed by atoms with van der Waals surface area (Å²) in [5, 5.41) is 16.1. The summed E-state index contributed by atoms with van der Waals surface area (Å²) in [5.74, 6) is -1.43. The number of azide groups is 1. The number of ether oxygens (including phenoxy) is 2. The van der Waals surface area contributed by atoms with Crippen molar-refractivity contribution >= 4 is 12.1 Å².